The lowest BCUT2D eigenvalue weighted by atomic mass is 10.2. The van der Waals surface area contributed by atoms with Gasteiger partial charge in [0, 0.05) is 10.7 Å². The maximum absolute atomic E-state index is 13.3. The quantitative estimate of drug-likeness (QED) is 0.504. The van der Waals surface area contributed by atoms with Crippen molar-refractivity contribution < 1.29 is 26.4 Å². The number of aryl methyl sites for hydroxylation is 1. The summed E-state index contributed by atoms with van der Waals surface area (Å²) in [5.41, 5.74) is 0.312. The summed E-state index contributed by atoms with van der Waals surface area (Å²) in [5.74, 6) is -0.726. The van der Waals surface area contributed by atoms with Crippen LogP contribution in [0.2, 0.25) is 5.02 Å². The van der Waals surface area contributed by atoms with E-state index in [1.165, 1.54) is 36.4 Å². The SMILES string of the molecule is Cc1ccc(S(=O)(=O)N(CC(=O)Nc2ccc(C(F)(F)F)cc2)c2ccc(Cl)cc2)cc1. The van der Waals surface area contributed by atoms with E-state index >= 15 is 0 Å². The average Bonchev–Trinajstić information content (AvgIpc) is 2.73. The second kappa shape index (κ2) is 9.22. The van der Waals surface area contributed by atoms with Gasteiger partial charge in [0.15, 0.2) is 0 Å². The molecular weight excluding hydrogens is 465 g/mol. The van der Waals surface area contributed by atoms with Gasteiger partial charge in [0.2, 0.25) is 5.91 Å². The maximum atomic E-state index is 13.3. The van der Waals surface area contributed by atoms with Crippen LogP contribution in [0.25, 0.3) is 0 Å². The lowest BCUT2D eigenvalue weighted by Crippen LogP contribution is -2.38. The highest BCUT2D eigenvalue weighted by molar-refractivity contribution is 7.92. The van der Waals surface area contributed by atoms with Gasteiger partial charge >= 0.3 is 6.18 Å². The number of hydrogen-bond acceptors (Lipinski definition) is 3. The molecule has 3 rings (SSSR count). The molecule has 1 N–H and O–H groups in total. The number of nitrogens with zero attached hydrogens (tertiary/aromatic N) is 1. The van der Waals surface area contributed by atoms with Crippen LogP contribution in [-0.2, 0) is 21.0 Å². The maximum Gasteiger partial charge on any atom is 0.416 e. The van der Waals surface area contributed by atoms with Crippen LogP contribution < -0.4 is 9.62 Å². The summed E-state index contributed by atoms with van der Waals surface area (Å²) in [7, 11) is -4.12. The number of nitrogens with one attached hydrogen (secondary N) is 1. The van der Waals surface area contributed by atoms with Crippen LogP contribution in [0.1, 0.15) is 11.1 Å². The van der Waals surface area contributed by atoms with Gasteiger partial charge in [-0.1, -0.05) is 29.3 Å². The Bertz CT molecular complexity index is 1200. The van der Waals surface area contributed by atoms with Crippen LogP contribution >= 0.6 is 11.6 Å². The first-order valence-electron chi connectivity index (χ1n) is 9.29. The monoisotopic (exact) mass is 482 g/mol. The normalized spacial score (nSPS) is 11.8. The molecule has 0 heterocycles. The summed E-state index contributed by atoms with van der Waals surface area (Å²) in [4.78, 5) is 12.6. The molecule has 0 saturated heterocycles. The second-order valence-electron chi connectivity index (χ2n) is 6.92. The van der Waals surface area contributed by atoms with Crippen molar-refractivity contribution in [2.75, 3.05) is 16.2 Å². The summed E-state index contributed by atoms with van der Waals surface area (Å²) < 4.78 is 65.6. The number of sulfonamides is 1. The average molecular weight is 483 g/mol. The molecule has 0 unspecified atom stereocenters. The second-order valence-corrected chi connectivity index (χ2v) is 9.22. The van der Waals surface area contributed by atoms with E-state index in [-0.39, 0.29) is 16.3 Å². The van der Waals surface area contributed by atoms with Gasteiger partial charge in [-0.15, -0.1) is 0 Å². The molecule has 32 heavy (non-hydrogen) atoms. The molecule has 0 aliphatic carbocycles. The summed E-state index contributed by atoms with van der Waals surface area (Å²) in [6.07, 6.45) is -4.50. The molecule has 0 spiro atoms. The number of halogens is 4. The Kier molecular flexibility index (Phi) is 6.80. The third-order valence-electron chi connectivity index (χ3n) is 4.51. The molecule has 0 atom stereocenters. The van der Waals surface area contributed by atoms with Crippen LogP contribution in [0.15, 0.2) is 77.7 Å². The van der Waals surface area contributed by atoms with Crippen molar-refractivity contribution in [3.63, 3.8) is 0 Å². The fourth-order valence-corrected chi connectivity index (χ4v) is 4.38. The van der Waals surface area contributed by atoms with Gasteiger partial charge in [0.25, 0.3) is 10.0 Å². The van der Waals surface area contributed by atoms with Crippen LogP contribution in [0, 0.1) is 6.92 Å². The first-order chi connectivity index (χ1) is 15.0. The molecule has 3 aromatic carbocycles. The molecule has 1 amide bonds. The molecule has 0 aromatic heterocycles. The fourth-order valence-electron chi connectivity index (χ4n) is 2.83. The van der Waals surface area contributed by atoms with E-state index in [2.05, 4.69) is 5.32 Å². The van der Waals surface area contributed by atoms with Crippen molar-refractivity contribution >= 4 is 38.9 Å². The van der Waals surface area contributed by atoms with Crippen LogP contribution in [0.3, 0.4) is 0 Å². The first kappa shape index (κ1) is 23.6. The van der Waals surface area contributed by atoms with Crippen molar-refractivity contribution in [2.24, 2.45) is 0 Å². The Labute approximate surface area is 188 Å². The molecule has 10 heteroatoms. The highest BCUT2D eigenvalue weighted by Gasteiger charge is 2.30. The Morgan fingerprint density at radius 2 is 1.50 bits per heavy atom. The number of anilines is 2. The predicted molar refractivity (Wildman–Crippen MR) is 117 cm³/mol. The van der Waals surface area contributed by atoms with Crippen molar-refractivity contribution in [3.8, 4) is 0 Å². The number of hydrogen-bond donors (Lipinski definition) is 1. The van der Waals surface area contributed by atoms with E-state index in [1.807, 2.05) is 6.92 Å². The number of alkyl halides is 3. The number of benzene rings is 3. The highest BCUT2D eigenvalue weighted by atomic mass is 35.5. The largest absolute Gasteiger partial charge is 0.416 e. The van der Waals surface area contributed by atoms with Gasteiger partial charge in [0.05, 0.1) is 16.1 Å². The van der Waals surface area contributed by atoms with E-state index in [1.54, 1.807) is 12.1 Å². The molecular formula is C22H18ClF3N2O3S. The Hall–Kier alpha value is -3.04. The van der Waals surface area contributed by atoms with Gasteiger partial charge in [-0.3, -0.25) is 9.10 Å². The van der Waals surface area contributed by atoms with Crippen molar-refractivity contribution in [2.45, 2.75) is 18.0 Å². The molecule has 0 radical (unpaired) electrons. The molecule has 5 nitrogen and oxygen atoms in total. The first-order valence-corrected chi connectivity index (χ1v) is 11.1. The smallest absolute Gasteiger partial charge is 0.325 e. The number of carbonyl (C=O) groups excluding carboxylic acids is 1. The van der Waals surface area contributed by atoms with Crippen molar-refractivity contribution in [3.05, 3.63) is 88.9 Å². The number of carbonyl (C=O) groups is 1. The molecule has 0 fully saturated rings. The Morgan fingerprint density at radius 3 is 2.03 bits per heavy atom. The minimum absolute atomic E-state index is 0.0135. The predicted octanol–water partition coefficient (Wildman–Crippen LogP) is 5.50. The molecule has 0 bridgehead atoms. The van der Waals surface area contributed by atoms with Gasteiger partial charge in [-0.05, 0) is 67.6 Å². The fraction of sp³-hybridized carbons (Fsp3) is 0.136. The summed E-state index contributed by atoms with van der Waals surface area (Å²) in [6, 6.07) is 15.9. The standard InChI is InChI=1S/C22H18ClF3N2O3S/c1-15-2-12-20(13-3-15)32(30,31)28(19-10-6-17(23)7-11-19)14-21(29)27-18-8-4-16(5-9-18)22(24,25)26/h2-13H,14H2,1H3,(H,27,29). The number of amides is 1. The van der Waals surface area contributed by atoms with E-state index < -0.39 is 34.2 Å². The summed E-state index contributed by atoms with van der Waals surface area (Å²) in [6.45, 7) is 1.21. The lowest BCUT2D eigenvalue weighted by Gasteiger charge is -2.24. The number of rotatable bonds is 6. The van der Waals surface area contributed by atoms with Gasteiger partial charge in [-0.2, -0.15) is 13.2 Å². The molecule has 0 aliphatic rings. The zero-order valence-electron chi connectivity index (χ0n) is 16.7. The van der Waals surface area contributed by atoms with Crippen molar-refractivity contribution in [1.82, 2.24) is 0 Å². The molecule has 3 aromatic rings. The topological polar surface area (TPSA) is 66.5 Å². The van der Waals surface area contributed by atoms with Gasteiger partial charge in [-0.25, -0.2) is 8.42 Å². The third-order valence-corrected chi connectivity index (χ3v) is 6.55. The minimum Gasteiger partial charge on any atom is -0.325 e. The third kappa shape index (κ3) is 5.60. The van der Waals surface area contributed by atoms with Crippen LogP contribution in [0.5, 0.6) is 0 Å². The van der Waals surface area contributed by atoms with Gasteiger partial charge < -0.3 is 5.32 Å². The Morgan fingerprint density at radius 1 is 0.938 bits per heavy atom. The Balaban J connectivity index is 1.88. The summed E-state index contributed by atoms with van der Waals surface area (Å²) >= 11 is 5.90. The highest BCUT2D eigenvalue weighted by Crippen LogP contribution is 2.30. The molecule has 0 aliphatic heterocycles. The zero-order valence-corrected chi connectivity index (χ0v) is 18.3. The van der Waals surface area contributed by atoms with E-state index in [4.69, 9.17) is 11.6 Å². The molecule has 0 saturated carbocycles. The summed E-state index contributed by atoms with van der Waals surface area (Å²) in [5, 5.41) is 2.81. The van der Waals surface area contributed by atoms with E-state index in [0.717, 1.165) is 34.1 Å². The van der Waals surface area contributed by atoms with Crippen LogP contribution in [-0.4, -0.2) is 20.9 Å². The zero-order chi connectivity index (χ0) is 23.5. The van der Waals surface area contributed by atoms with Crippen LogP contribution in [0.4, 0.5) is 24.5 Å². The van der Waals surface area contributed by atoms with Gasteiger partial charge in [0.1, 0.15) is 6.54 Å². The van der Waals surface area contributed by atoms with E-state index in [0.29, 0.717) is 5.02 Å². The van der Waals surface area contributed by atoms with E-state index in [9.17, 15) is 26.4 Å². The molecule has 168 valence electrons. The van der Waals surface area contributed by atoms with Crippen molar-refractivity contribution in [1.29, 1.82) is 0 Å². The minimum atomic E-state index is -4.50. The lowest BCUT2D eigenvalue weighted by molar-refractivity contribution is -0.137.